The second-order valence-electron chi connectivity index (χ2n) is 7.74. The Labute approximate surface area is 174 Å². The minimum atomic E-state index is -0.278. The average molecular weight is 412 g/mol. The van der Waals surface area contributed by atoms with E-state index >= 15 is 0 Å². The molecule has 1 fully saturated rings. The fraction of sp³-hybridized carbons (Fsp3) is 0.391. The van der Waals surface area contributed by atoms with E-state index in [9.17, 15) is 9.18 Å². The van der Waals surface area contributed by atoms with Crippen LogP contribution in [0.5, 0.6) is 5.75 Å². The summed E-state index contributed by atoms with van der Waals surface area (Å²) >= 11 is 0. The van der Waals surface area contributed by atoms with Crippen LogP contribution >= 0.6 is 0 Å². The van der Waals surface area contributed by atoms with Crippen LogP contribution in [0.2, 0.25) is 0 Å². The van der Waals surface area contributed by atoms with Gasteiger partial charge in [0.2, 0.25) is 0 Å². The molecule has 0 aliphatic carbocycles. The summed E-state index contributed by atoms with van der Waals surface area (Å²) in [5.41, 5.74) is 1.83. The van der Waals surface area contributed by atoms with Gasteiger partial charge in [0.1, 0.15) is 23.1 Å². The lowest BCUT2D eigenvalue weighted by atomic mass is 10.1. The highest BCUT2D eigenvalue weighted by Crippen LogP contribution is 2.24. The number of amides is 1. The van der Waals surface area contributed by atoms with E-state index < -0.39 is 0 Å². The highest BCUT2D eigenvalue weighted by Gasteiger charge is 2.28. The molecule has 3 aromatic rings. The molecule has 2 aromatic heterocycles. The Morgan fingerprint density at radius 2 is 2.03 bits per heavy atom. The molecule has 0 radical (unpaired) electrons. The predicted octanol–water partition coefficient (Wildman–Crippen LogP) is 4.55. The summed E-state index contributed by atoms with van der Waals surface area (Å²) in [5, 5.41) is 3.95. The summed E-state index contributed by atoms with van der Waals surface area (Å²) in [6, 6.07) is 9.58. The van der Waals surface area contributed by atoms with E-state index in [1.54, 1.807) is 18.2 Å². The normalized spacial score (nSPS) is 16.2. The van der Waals surface area contributed by atoms with Crippen molar-refractivity contribution >= 4 is 5.91 Å². The average Bonchev–Trinajstić information content (AvgIpc) is 3.47. The molecule has 7 heteroatoms. The molecule has 1 aromatic carbocycles. The van der Waals surface area contributed by atoms with Crippen LogP contribution in [0.15, 0.2) is 45.3 Å². The number of carbonyl (C=O) groups excluding carboxylic acids is 1. The van der Waals surface area contributed by atoms with Crippen LogP contribution in [0.25, 0.3) is 0 Å². The fourth-order valence-electron chi connectivity index (χ4n) is 3.80. The van der Waals surface area contributed by atoms with Gasteiger partial charge < -0.3 is 18.6 Å². The predicted molar refractivity (Wildman–Crippen MR) is 108 cm³/mol. The van der Waals surface area contributed by atoms with Crippen molar-refractivity contribution in [1.29, 1.82) is 0 Å². The third-order valence-electron chi connectivity index (χ3n) is 5.59. The largest absolute Gasteiger partial charge is 0.494 e. The zero-order chi connectivity index (χ0) is 21.1. The lowest BCUT2D eigenvalue weighted by Crippen LogP contribution is -2.28. The van der Waals surface area contributed by atoms with Crippen LogP contribution in [0.4, 0.5) is 4.39 Å². The molecule has 158 valence electrons. The first-order valence-corrected chi connectivity index (χ1v) is 10.2. The minimum absolute atomic E-state index is 0.0815. The molecule has 4 rings (SSSR count). The summed E-state index contributed by atoms with van der Waals surface area (Å²) < 4.78 is 29.6. The second-order valence-corrected chi connectivity index (χ2v) is 7.74. The van der Waals surface area contributed by atoms with Crippen molar-refractivity contribution in [1.82, 2.24) is 10.1 Å². The molecule has 1 unspecified atom stereocenters. The topological polar surface area (TPSA) is 68.7 Å². The van der Waals surface area contributed by atoms with Crippen molar-refractivity contribution < 1.29 is 22.9 Å². The number of halogens is 1. The van der Waals surface area contributed by atoms with Crippen molar-refractivity contribution in [2.45, 2.75) is 33.1 Å². The molecule has 0 saturated carbocycles. The fourth-order valence-corrected chi connectivity index (χ4v) is 3.80. The van der Waals surface area contributed by atoms with Crippen LogP contribution in [-0.4, -0.2) is 35.7 Å². The number of nitrogens with zero attached hydrogens (tertiary/aromatic N) is 2. The van der Waals surface area contributed by atoms with Gasteiger partial charge in [-0.15, -0.1) is 0 Å². The molecular weight excluding hydrogens is 387 g/mol. The van der Waals surface area contributed by atoms with Crippen molar-refractivity contribution in [3.05, 3.63) is 70.8 Å². The van der Waals surface area contributed by atoms with Gasteiger partial charge >= 0.3 is 0 Å². The van der Waals surface area contributed by atoms with Gasteiger partial charge in [-0.25, -0.2) is 4.39 Å². The van der Waals surface area contributed by atoms with E-state index in [0.717, 1.165) is 35.6 Å². The van der Waals surface area contributed by atoms with E-state index in [1.165, 1.54) is 12.1 Å². The summed E-state index contributed by atoms with van der Waals surface area (Å²) in [6.07, 6.45) is 2.33. The van der Waals surface area contributed by atoms with Gasteiger partial charge in [-0.3, -0.25) is 4.79 Å². The van der Waals surface area contributed by atoms with Gasteiger partial charge in [0.25, 0.3) is 5.91 Å². The number of ether oxygens (including phenoxy) is 1. The number of hydrogen-bond acceptors (Lipinski definition) is 5. The Hall–Kier alpha value is -3.09. The zero-order valence-corrected chi connectivity index (χ0v) is 17.2. The number of aromatic nitrogens is 1. The van der Waals surface area contributed by atoms with E-state index in [4.69, 9.17) is 13.7 Å². The van der Waals surface area contributed by atoms with Crippen LogP contribution in [0.1, 0.15) is 46.2 Å². The minimum Gasteiger partial charge on any atom is -0.494 e. The third-order valence-corrected chi connectivity index (χ3v) is 5.59. The second kappa shape index (κ2) is 8.73. The first kappa shape index (κ1) is 20.2. The van der Waals surface area contributed by atoms with Crippen LogP contribution in [0, 0.1) is 25.6 Å². The Balaban J connectivity index is 1.27. The van der Waals surface area contributed by atoms with Crippen LogP contribution in [0.3, 0.4) is 0 Å². The number of carbonyl (C=O) groups is 1. The van der Waals surface area contributed by atoms with Crippen LogP contribution in [-0.2, 0) is 6.42 Å². The molecule has 1 atom stereocenters. The first-order valence-electron chi connectivity index (χ1n) is 10.2. The Kier molecular flexibility index (Phi) is 5.88. The standard InChI is InChI=1S/C23H25FN2O4/c1-15-21(16(2)30-25-15)13-20-7-8-22(29-20)23(27)26-11-9-17(14-26)10-12-28-19-5-3-18(24)4-6-19/h3-8,17H,9-14H2,1-2H3. The maximum absolute atomic E-state index is 12.9. The number of likely N-dealkylation sites (tertiary alicyclic amines) is 1. The summed E-state index contributed by atoms with van der Waals surface area (Å²) in [6.45, 7) is 5.70. The third kappa shape index (κ3) is 4.56. The molecular formula is C23H25FN2O4. The van der Waals surface area contributed by atoms with Gasteiger partial charge in [-0.2, -0.15) is 0 Å². The van der Waals surface area contributed by atoms with E-state index in [-0.39, 0.29) is 11.7 Å². The Morgan fingerprint density at radius 1 is 1.23 bits per heavy atom. The van der Waals surface area contributed by atoms with Crippen molar-refractivity contribution in [2.24, 2.45) is 5.92 Å². The van der Waals surface area contributed by atoms with Gasteiger partial charge in [0.05, 0.1) is 12.3 Å². The highest BCUT2D eigenvalue weighted by atomic mass is 19.1. The molecule has 0 bridgehead atoms. The maximum atomic E-state index is 12.9. The van der Waals surface area contributed by atoms with Gasteiger partial charge in [0.15, 0.2) is 5.76 Å². The molecule has 30 heavy (non-hydrogen) atoms. The first-order chi connectivity index (χ1) is 14.5. The van der Waals surface area contributed by atoms with Crippen molar-refractivity contribution in [3.8, 4) is 5.75 Å². The number of furan rings is 1. The quantitative estimate of drug-likeness (QED) is 0.570. The van der Waals surface area contributed by atoms with E-state index in [0.29, 0.717) is 43.5 Å². The molecule has 0 spiro atoms. The van der Waals surface area contributed by atoms with Crippen molar-refractivity contribution in [2.75, 3.05) is 19.7 Å². The Morgan fingerprint density at radius 3 is 2.77 bits per heavy atom. The monoisotopic (exact) mass is 412 g/mol. The number of benzene rings is 1. The molecule has 1 aliphatic rings. The molecule has 6 nitrogen and oxygen atoms in total. The smallest absolute Gasteiger partial charge is 0.289 e. The molecule has 0 N–H and O–H groups in total. The number of rotatable bonds is 7. The maximum Gasteiger partial charge on any atom is 0.289 e. The molecule has 1 saturated heterocycles. The summed E-state index contributed by atoms with van der Waals surface area (Å²) in [4.78, 5) is 14.6. The SMILES string of the molecule is Cc1noc(C)c1Cc1ccc(C(=O)N2CCC(CCOc3ccc(F)cc3)C2)o1. The Bertz CT molecular complexity index is 989. The highest BCUT2D eigenvalue weighted by molar-refractivity contribution is 5.91. The molecule has 1 aliphatic heterocycles. The summed E-state index contributed by atoms with van der Waals surface area (Å²) in [5.74, 6) is 2.52. The van der Waals surface area contributed by atoms with Gasteiger partial charge in [-0.1, -0.05) is 5.16 Å². The number of aryl methyl sites for hydroxylation is 2. The van der Waals surface area contributed by atoms with Crippen LogP contribution < -0.4 is 4.74 Å². The van der Waals surface area contributed by atoms with Gasteiger partial charge in [0, 0.05) is 25.1 Å². The van der Waals surface area contributed by atoms with Gasteiger partial charge in [-0.05, 0) is 69.0 Å². The lowest BCUT2D eigenvalue weighted by Gasteiger charge is -2.15. The summed E-state index contributed by atoms with van der Waals surface area (Å²) in [7, 11) is 0. The van der Waals surface area contributed by atoms with E-state index in [1.807, 2.05) is 24.8 Å². The lowest BCUT2D eigenvalue weighted by molar-refractivity contribution is 0.0752. The molecule has 3 heterocycles. The van der Waals surface area contributed by atoms with E-state index in [2.05, 4.69) is 5.16 Å². The molecule has 1 amide bonds. The number of hydrogen-bond donors (Lipinski definition) is 0. The van der Waals surface area contributed by atoms with Crippen molar-refractivity contribution in [3.63, 3.8) is 0 Å². The zero-order valence-electron chi connectivity index (χ0n) is 17.2.